The zero-order valence-electron chi connectivity index (χ0n) is 17.6. The number of imide groups is 1. The average Bonchev–Trinajstić information content (AvgIpc) is 3.00. The summed E-state index contributed by atoms with van der Waals surface area (Å²) in [5, 5.41) is 4.44. The predicted octanol–water partition coefficient (Wildman–Crippen LogP) is 2.79. The molecule has 1 N–H and O–H groups in total. The number of hydrogen-bond donors (Lipinski definition) is 1. The monoisotopic (exact) mass is 394 g/mol. The number of allylic oxidation sites excluding steroid dienone is 2. The molecule has 2 aliphatic rings. The van der Waals surface area contributed by atoms with Crippen LogP contribution in [0.2, 0.25) is 0 Å². The second-order valence-electron chi connectivity index (χ2n) is 7.78. The highest BCUT2D eigenvalue weighted by Crippen LogP contribution is 2.29. The van der Waals surface area contributed by atoms with Gasteiger partial charge in [-0.2, -0.15) is 0 Å². The fraction of sp³-hybridized carbons (Fsp3) is 0.458. The van der Waals surface area contributed by atoms with Gasteiger partial charge in [0.2, 0.25) is 12.3 Å². The Labute approximate surface area is 172 Å². The van der Waals surface area contributed by atoms with Crippen LogP contribution < -0.4 is 20.7 Å². The number of amides is 3. The minimum absolute atomic E-state index is 0.0614. The number of anilines is 1. The van der Waals surface area contributed by atoms with Crippen molar-refractivity contribution in [3.8, 4) is 0 Å². The topological polar surface area (TPSA) is 66.5 Å². The van der Waals surface area contributed by atoms with Gasteiger partial charge in [-0.05, 0) is 61.4 Å². The van der Waals surface area contributed by atoms with Gasteiger partial charge < -0.3 is 4.90 Å². The first-order valence-electron chi connectivity index (χ1n) is 10.7. The van der Waals surface area contributed by atoms with Crippen LogP contribution in [0.4, 0.5) is 5.69 Å². The van der Waals surface area contributed by atoms with Gasteiger partial charge in [0, 0.05) is 23.3 Å². The van der Waals surface area contributed by atoms with Crippen molar-refractivity contribution in [2.75, 3.05) is 4.90 Å². The second-order valence-corrected chi connectivity index (χ2v) is 7.78. The molecule has 1 atom stereocenters. The van der Waals surface area contributed by atoms with E-state index in [0.29, 0.717) is 12.8 Å². The second kappa shape index (κ2) is 9.21. The van der Waals surface area contributed by atoms with Crippen LogP contribution in [0.5, 0.6) is 0 Å². The van der Waals surface area contributed by atoms with E-state index < -0.39 is 0 Å². The molecular weight excluding hydrogens is 364 g/mol. The Hall–Kier alpha value is -2.69. The van der Waals surface area contributed by atoms with Crippen molar-refractivity contribution in [3.63, 3.8) is 0 Å². The molecule has 0 radical (unpaired) electrons. The van der Waals surface area contributed by atoms with Crippen LogP contribution >= 0.6 is 0 Å². The number of carbonyl (C=O) groups excluding carboxylic acids is 3. The highest BCUT2D eigenvalue weighted by Gasteiger charge is 2.34. The number of nitrogens with zero attached hydrogens (tertiary/aromatic N) is 1. The maximum Gasteiger partial charge on any atom is 0.255 e. The van der Waals surface area contributed by atoms with Gasteiger partial charge in [0.25, 0.3) is 5.91 Å². The first-order chi connectivity index (χ1) is 14.0. The van der Waals surface area contributed by atoms with Gasteiger partial charge in [0.1, 0.15) is 0 Å². The molecule has 0 bridgehead atoms. The van der Waals surface area contributed by atoms with E-state index >= 15 is 0 Å². The van der Waals surface area contributed by atoms with Crippen LogP contribution in [0.25, 0.3) is 17.2 Å². The fourth-order valence-corrected chi connectivity index (χ4v) is 4.48. The summed E-state index contributed by atoms with van der Waals surface area (Å²) in [7, 11) is 0. The predicted molar refractivity (Wildman–Crippen MR) is 116 cm³/mol. The molecule has 1 aliphatic heterocycles. The zero-order valence-corrected chi connectivity index (χ0v) is 17.6. The summed E-state index contributed by atoms with van der Waals surface area (Å²) in [6.45, 7) is 6.31. The molecule has 5 nitrogen and oxygen atoms in total. The Morgan fingerprint density at radius 2 is 2.07 bits per heavy atom. The number of nitrogens with one attached hydrogen (secondary N) is 1. The Morgan fingerprint density at radius 3 is 2.76 bits per heavy atom. The minimum Gasteiger partial charge on any atom is -0.305 e. The summed E-state index contributed by atoms with van der Waals surface area (Å²) in [4.78, 5) is 37.2. The summed E-state index contributed by atoms with van der Waals surface area (Å²) in [5.74, 6) is -0.253. The van der Waals surface area contributed by atoms with Crippen molar-refractivity contribution in [2.45, 2.75) is 71.8 Å². The molecule has 5 heteroatoms. The van der Waals surface area contributed by atoms with Gasteiger partial charge in [0.15, 0.2) is 0 Å². The third-order valence-corrected chi connectivity index (χ3v) is 5.77. The molecule has 0 fully saturated rings. The van der Waals surface area contributed by atoms with Gasteiger partial charge >= 0.3 is 0 Å². The third kappa shape index (κ3) is 4.04. The molecule has 1 heterocycles. The maximum atomic E-state index is 13.2. The van der Waals surface area contributed by atoms with E-state index in [1.54, 1.807) is 0 Å². The van der Waals surface area contributed by atoms with Crippen molar-refractivity contribution in [1.82, 2.24) is 5.32 Å². The molecule has 29 heavy (non-hydrogen) atoms. The molecule has 1 aromatic carbocycles. The summed E-state index contributed by atoms with van der Waals surface area (Å²) in [6, 6.07) is 4.11. The molecule has 1 unspecified atom stereocenters. The van der Waals surface area contributed by atoms with Gasteiger partial charge in [-0.1, -0.05) is 38.5 Å². The van der Waals surface area contributed by atoms with E-state index in [2.05, 4.69) is 43.4 Å². The van der Waals surface area contributed by atoms with Crippen LogP contribution in [0.15, 0.2) is 18.2 Å². The summed E-state index contributed by atoms with van der Waals surface area (Å²) < 4.78 is 0. The van der Waals surface area contributed by atoms with E-state index in [9.17, 15) is 14.4 Å². The van der Waals surface area contributed by atoms with Gasteiger partial charge in [0.05, 0.1) is 5.69 Å². The summed E-state index contributed by atoms with van der Waals surface area (Å²) >= 11 is 0. The van der Waals surface area contributed by atoms with Crippen molar-refractivity contribution in [1.29, 1.82) is 0 Å². The lowest BCUT2D eigenvalue weighted by atomic mass is 9.92. The fourth-order valence-electron chi connectivity index (χ4n) is 4.48. The Balaban J connectivity index is 2.00. The van der Waals surface area contributed by atoms with E-state index in [-0.39, 0.29) is 24.3 Å². The molecule has 3 rings (SSSR count). The number of hydrogen-bond acceptors (Lipinski definition) is 3. The SMILES string of the molecule is CC/C=C(\CCC)c1ccc2c3c1=CCCC=3C(=O)N2C(C)CCC(=O)NC=O. The first kappa shape index (κ1) is 21.0. The highest BCUT2D eigenvalue weighted by atomic mass is 16.2. The molecule has 1 aromatic rings. The number of rotatable bonds is 9. The number of benzene rings is 1. The Bertz CT molecular complexity index is 975. The van der Waals surface area contributed by atoms with Crippen molar-refractivity contribution < 1.29 is 14.4 Å². The van der Waals surface area contributed by atoms with Crippen LogP contribution in [-0.2, 0) is 14.4 Å². The normalized spacial score (nSPS) is 16.4. The molecule has 0 saturated heterocycles. The summed E-state index contributed by atoms with van der Waals surface area (Å²) in [6.07, 6.45) is 10.4. The van der Waals surface area contributed by atoms with Crippen LogP contribution in [0, 0.1) is 0 Å². The lowest BCUT2D eigenvalue weighted by Crippen LogP contribution is -2.38. The van der Waals surface area contributed by atoms with E-state index in [1.807, 2.05) is 11.8 Å². The summed E-state index contributed by atoms with van der Waals surface area (Å²) in [5.41, 5.74) is 4.46. The highest BCUT2D eigenvalue weighted by molar-refractivity contribution is 6.26. The third-order valence-electron chi connectivity index (χ3n) is 5.77. The molecule has 154 valence electrons. The van der Waals surface area contributed by atoms with Crippen LogP contribution in [0.3, 0.4) is 0 Å². The lowest BCUT2D eigenvalue weighted by molar-refractivity contribution is -0.125. The Morgan fingerprint density at radius 1 is 1.28 bits per heavy atom. The molecule has 3 amide bonds. The molecule has 0 spiro atoms. The van der Waals surface area contributed by atoms with Gasteiger partial charge in [-0.25, -0.2) is 0 Å². The van der Waals surface area contributed by atoms with E-state index in [1.165, 1.54) is 16.4 Å². The number of carbonyl (C=O) groups is 3. The van der Waals surface area contributed by atoms with E-state index in [4.69, 9.17) is 0 Å². The largest absolute Gasteiger partial charge is 0.305 e. The van der Waals surface area contributed by atoms with Crippen molar-refractivity contribution in [2.24, 2.45) is 0 Å². The molecule has 0 aromatic heterocycles. The van der Waals surface area contributed by atoms with Crippen LogP contribution in [-0.4, -0.2) is 24.3 Å². The van der Waals surface area contributed by atoms with Crippen LogP contribution in [0.1, 0.15) is 71.3 Å². The quantitative estimate of drug-likeness (QED) is 0.655. The maximum absolute atomic E-state index is 13.2. The lowest BCUT2D eigenvalue weighted by Gasteiger charge is -2.26. The van der Waals surface area contributed by atoms with Gasteiger partial charge in [-0.15, -0.1) is 0 Å². The Kier molecular flexibility index (Phi) is 6.68. The smallest absolute Gasteiger partial charge is 0.255 e. The zero-order chi connectivity index (χ0) is 21.0. The molecule has 0 saturated carbocycles. The van der Waals surface area contributed by atoms with Crippen molar-refractivity contribution >= 4 is 41.1 Å². The molecule has 1 aliphatic carbocycles. The first-order valence-corrected chi connectivity index (χ1v) is 10.7. The average molecular weight is 395 g/mol. The molecular formula is C24H30N2O3. The van der Waals surface area contributed by atoms with Crippen molar-refractivity contribution in [3.05, 3.63) is 34.2 Å². The van der Waals surface area contributed by atoms with E-state index in [0.717, 1.165) is 48.6 Å². The minimum atomic E-state index is -0.314. The standard InChI is InChI=1S/C24H30N2O3/c1-4-7-17(8-5-2)18-12-13-21-23-19(18)9-6-10-20(23)24(29)26(21)16(3)11-14-22(28)25-15-27/h7,9,12-13,15-16H,4-6,8,10-11,14H2,1-3H3,(H,25,27,28)/b17-7+. The van der Waals surface area contributed by atoms with Gasteiger partial charge in [-0.3, -0.25) is 19.7 Å².